The van der Waals surface area contributed by atoms with Gasteiger partial charge in [0.25, 0.3) is 5.89 Å². The largest absolute Gasteiger partial charge is 0.356 e. The lowest BCUT2D eigenvalue weighted by Gasteiger charge is -2.36. The van der Waals surface area contributed by atoms with Crippen LogP contribution in [0, 0.1) is 6.92 Å². The lowest BCUT2D eigenvalue weighted by Crippen LogP contribution is -2.47. The van der Waals surface area contributed by atoms with Gasteiger partial charge in [0.1, 0.15) is 5.82 Å². The number of rotatable bonds is 4. The van der Waals surface area contributed by atoms with Crippen molar-refractivity contribution < 1.29 is 4.52 Å². The van der Waals surface area contributed by atoms with E-state index in [0.29, 0.717) is 17.8 Å². The summed E-state index contributed by atoms with van der Waals surface area (Å²) in [6.45, 7) is 3.83. The van der Waals surface area contributed by atoms with Crippen LogP contribution in [0.2, 0.25) is 0 Å². The Kier molecular flexibility index (Phi) is 5.55. The molecule has 6 nitrogen and oxygen atoms in total. The van der Waals surface area contributed by atoms with Crippen molar-refractivity contribution in [3.05, 3.63) is 22.6 Å². The van der Waals surface area contributed by atoms with E-state index in [2.05, 4.69) is 41.3 Å². The molecule has 0 unspecified atom stereocenters. The second kappa shape index (κ2) is 8.05. The van der Waals surface area contributed by atoms with Gasteiger partial charge in [-0.25, -0.2) is 4.98 Å². The van der Waals surface area contributed by atoms with Crippen LogP contribution in [0.1, 0.15) is 50.8 Å². The molecule has 4 rings (SSSR count). The van der Waals surface area contributed by atoms with E-state index in [1.54, 1.807) is 0 Å². The SMILES string of the molecule is Cc1noc(-c2cc(Br)cnc2N2CCC(NC3CCCCC3)CC2)n1. The van der Waals surface area contributed by atoms with Gasteiger partial charge in [-0.3, -0.25) is 0 Å². The van der Waals surface area contributed by atoms with Crippen LogP contribution >= 0.6 is 15.9 Å². The van der Waals surface area contributed by atoms with Crippen molar-refractivity contribution in [1.82, 2.24) is 20.4 Å². The molecule has 1 saturated heterocycles. The van der Waals surface area contributed by atoms with Crippen LogP contribution in [0.5, 0.6) is 0 Å². The molecule has 2 aromatic heterocycles. The highest BCUT2D eigenvalue weighted by Crippen LogP contribution is 2.32. The van der Waals surface area contributed by atoms with Crippen LogP contribution in [0.15, 0.2) is 21.3 Å². The molecule has 0 aromatic carbocycles. The fourth-order valence-corrected chi connectivity index (χ4v) is 4.44. The zero-order valence-electron chi connectivity index (χ0n) is 15.2. The summed E-state index contributed by atoms with van der Waals surface area (Å²) in [5.41, 5.74) is 0.902. The van der Waals surface area contributed by atoms with Crippen molar-refractivity contribution >= 4 is 21.7 Å². The summed E-state index contributed by atoms with van der Waals surface area (Å²) in [7, 11) is 0. The minimum atomic E-state index is 0.536. The second-order valence-corrected chi connectivity index (χ2v) is 8.35. The molecule has 1 aliphatic carbocycles. The van der Waals surface area contributed by atoms with Gasteiger partial charge in [0.2, 0.25) is 0 Å². The van der Waals surface area contributed by atoms with E-state index in [-0.39, 0.29) is 0 Å². The van der Waals surface area contributed by atoms with Gasteiger partial charge in [0, 0.05) is 35.8 Å². The summed E-state index contributed by atoms with van der Waals surface area (Å²) in [5, 5.41) is 7.82. The van der Waals surface area contributed by atoms with Crippen LogP contribution < -0.4 is 10.2 Å². The summed E-state index contributed by atoms with van der Waals surface area (Å²) in [6, 6.07) is 3.36. The van der Waals surface area contributed by atoms with Gasteiger partial charge in [-0.15, -0.1) is 0 Å². The number of nitrogens with one attached hydrogen (secondary N) is 1. The lowest BCUT2D eigenvalue weighted by atomic mass is 9.93. The van der Waals surface area contributed by atoms with Gasteiger partial charge in [0.15, 0.2) is 5.82 Å². The number of hydrogen-bond acceptors (Lipinski definition) is 6. The van der Waals surface area contributed by atoms with Gasteiger partial charge in [-0.05, 0) is 54.6 Å². The molecule has 0 spiro atoms. The molecule has 140 valence electrons. The molecule has 1 N–H and O–H groups in total. The Morgan fingerprint density at radius 3 is 2.54 bits per heavy atom. The summed E-state index contributed by atoms with van der Waals surface area (Å²) >= 11 is 3.51. The molecule has 2 fully saturated rings. The molecule has 26 heavy (non-hydrogen) atoms. The fourth-order valence-electron chi connectivity index (χ4n) is 4.11. The topological polar surface area (TPSA) is 67.1 Å². The number of hydrogen-bond donors (Lipinski definition) is 1. The molecule has 2 aromatic rings. The minimum Gasteiger partial charge on any atom is -0.356 e. The molecular formula is C19H26BrN5O. The van der Waals surface area contributed by atoms with E-state index in [9.17, 15) is 0 Å². The molecule has 0 amide bonds. The maximum absolute atomic E-state index is 5.40. The van der Waals surface area contributed by atoms with Crippen LogP contribution in [-0.2, 0) is 0 Å². The number of anilines is 1. The first-order chi connectivity index (χ1) is 12.7. The molecule has 0 atom stereocenters. The number of aryl methyl sites for hydroxylation is 1. The maximum atomic E-state index is 5.40. The molecular weight excluding hydrogens is 394 g/mol. The van der Waals surface area contributed by atoms with Gasteiger partial charge < -0.3 is 14.7 Å². The van der Waals surface area contributed by atoms with Crippen LogP contribution in [0.3, 0.4) is 0 Å². The van der Waals surface area contributed by atoms with E-state index in [1.807, 2.05) is 19.2 Å². The van der Waals surface area contributed by atoms with Crippen molar-refractivity contribution in [2.45, 2.75) is 64.0 Å². The predicted molar refractivity (Wildman–Crippen MR) is 105 cm³/mol. The Labute approximate surface area is 162 Å². The standard InChI is InChI=1S/C19H26BrN5O/c1-13-22-19(26-24-13)17-11-14(20)12-21-18(17)25-9-7-16(8-10-25)23-15-5-3-2-4-6-15/h11-12,15-16,23H,2-10H2,1H3. The number of piperidine rings is 1. The van der Waals surface area contributed by atoms with E-state index in [4.69, 9.17) is 4.52 Å². The third kappa shape index (κ3) is 4.09. The van der Waals surface area contributed by atoms with Crippen LogP contribution in [0.25, 0.3) is 11.5 Å². The summed E-state index contributed by atoms with van der Waals surface area (Å²) in [4.78, 5) is 11.4. The number of aromatic nitrogens is 3. The Morgan fingerprint density at radius 2 is 1.85 bits per heavy atom. The van der Waals surface area contributed by atoms with Crippen molar-refractivity contribution in [1.29, 1.82) is 0 Å². The molecule has 0 bridgehead atoms. The zero-order chi connectivity index (χ0) is 17.9. The first-order valence-corrected chi connectivity index (χ1v) is 10.5. The molecule has 1 saturated carbocycles. The van der Waals surface area contributed by atoms with Crippen molar-refractivity contribution in [3.63, 3.8) is 0 Å². The number of nitrogens with zero attached hydrogens (tertiary/aromatic N) is 4. The van der Waals surface area contributed by atoms with Crippen molar-refractivity contribution in [3.8, 4) is 11.5 Å². The highest BCUT2D eigenvalue weighted by atomic mass is 79.9. The van der Waals surface area contributed by atoms with Crippen LogP contribution in [-0.4, -0.2) is 40.3 Å². The van der Waals surface area contributed by atoms with Crippen LogP contribution in [0.4, 0.5) is 5.82 Å². The molecule has 1 aliphatic heterocycles. The monoisotopic (exact) mass is 419 g/mol. The Balaban J connectivity index is 1.44. The fraction of sp³-hybridized carbons (Fsp3) is 0.632. The first-order valence-electron chi connectivity index (χ1n) is 9.66. The zero-order valence-corrected chi connectivity index (χ0v) is 16.8. The minimum absolute atomic E-state index is 0.536. The summed E-state index contributed by atoms with van der Waals surface area (Å²) in [5.74, 6) is 2.11. The van der Waals surface area contributed by atoms with E-state index in [0.717, 1.165) is 47.8 Å². The Bertz CT molecular complexity index is 735. The highest BCUT2D eigenvalue weighted by molar-refractivity contribution is 9.10. The van der Waals surface area contributed by atoms with Crippen molar-refractivity contribution in [2.24, 2.45) is 0 Å². The maximum Gasteiger partial charge on any atom is 0.261 e. The number of halogens is 1. The van der Waals surface area contributed by atoms with E-state index in [1.165, 1.54) is 32.1 Å². The molecule has 3 heterocycles. The third-order valence-electron chi connectivity index (χ3n) is 5.46. The molecule has 7 heteroatoms. The van der Waals surface area contributed by atoms with E-state index < -0.39 is 0 Å². The van der Waals surface area contributed by atoms with Gasteiger partial charge in [-0.2, -0.15) is 4.98 Å². The Morgan fingerprint density at radius 1 is 1.12 bits per heavy atom. The average Bonchev–Trinajstić information content (AvgIpc) is 3.10. The first kappa shape index (κ1) is 17.9. The predicted octanol–water partition coefficient (Wildman–Crippen LogP) is 4.09. The third-order valence-corrected chi connectivity index (χ3v) is 5.90. The smallest absolute Gasteiger partial charge is 0.261 e. The Hall–Kier alpha value is -1.47. The highest BCUT2D eigenvalue weighted by Gasteiger charge is 2.26. The normalized spacial score (nSPS) is 19.8. The van der Waals surface area contributed by atoms with Gasteiger partial charge in [0.05, 0.1) is 5.56 Å². The van der Waals surface area contributed by atoms with Gasteiger partial charge in [-0.1, -0.05) is 24.4 Å². The number of pyridine rings is 1. The second-order valence-electron chi connectivity index (χ2n) is 7.43. The van der Waals surface area contributed by atoms with Crippen molar-refractivity contribution in [2.75, 3.05) is 18.0 Å². The lowest BCUT2D eigenvalue weighted by molar-refractivity contribution is 0.307. The van der Waals surface area contributed by atoms with E-state index >= 15 is 0 Å². The molecule has 2 aliphatic rings. The average molecular weight is 420 g/mol. The quantitative estimate of drug-likeness (QED) is 0.804. The summed E-state index contributed by atoms with van der Waals surface area (Å²) < 4.78 is 6.32. The summed E-state index contributed by atoms with van der Waals surface area (Å²) in [6.07, 6.45) is 11.0. The molecule has 0 radical (unpaired) electrons. The van der Waals surface area contributed by atoms with Gasteiger partial charge >= 0.3 is 0 Å².